The van der Waals surface area contributed by atoms with Gasteiger partial charge in [-0.3, -0.25) is 33.6 Å². The van der Waals surface area contributed by atoms with Gasteiger partial charge in [-0.05, 0) is 39.8 Å². The van der Waals surface area contributed by atoms with Crippen LogP contribution in [-0.4, -0.2) is 114 Å². The van der Waals surface area contributed by atoms with E-state index >= 15 is 0 Å². The molecule has 0 heterocycles. The molecule has 0 aromatic heterocycles. The van der Waals surface area contributed by atoms with E-state index in [-0.39, 0.29) is 115 Å². The molecule has 70 heavy (non-hydrogen) atoms. The van der Waals surface area contributed by atoms with Gasteiger partial charge in [0.05, 0.1) is 58.9 Å². The summed E-state index contributed by atoms with van der Waals surface area (Å²) >= 11 is 0. The van der Waals surface area contributed by atoms with Gasteiger partial charge in [-0.2, -0.15) is 0 Å². The van der Waals surface area contributed by atoms with Crippen molar-refractivity contribution in [3.63, 3.8) is 0 Å². The molecule has 0 aliphatic carbocycles. The minimum Gasteiger partial charge on any atom is -0.465 e. The summed E-state index contributed by atoms with van der Waals surface area (Å²) in [4.78, 5) is 92.0. The van der Waals surface area contributed by atoms with E-state index in [1.165, 1.54) is 0 Å². The van der Waals surface area contributed by atoms with Crippen molar-refractivity contribution in [3.05, 3.63) is 0 Å². The second-order valence-electron chi connectivity index (χ2n) is 19.4. The molecule has 0 amide bonds. The van der Waals surface area contributed by atoms with E-state index in [2.05, 4.69) is 27.7 Å². The molecule has 0 rings (SSSR count). The highest BCUT2D eigenvalue weighted by atomic mass is 16.6. The van der Waals surface area contributed by atoms with Crippen molar-refractivity contribution >= 4 is 41.8 Å². The third-order valence-electron chi connectivity index (χ3n) is 12.0. The summed E-state index contributed by atoms with van der Waals surface area (Å²) in [6, 6.07) is 0. The highest BCUT2D eigenvalue weighted by molar-refractivity contribution is 5.73. The van der Waals surface area contributed by atoms with Gasteiger partial charge in [-0.15, -0.1) is 0 Å². The van der Waals surface area contributed by atoms with Crippen LogP contribution in [0.4, 0.5) is 0 Å². The number of nitrogens with zero attached hydrogens (tertiary/aromatic N) is 1. The summed E-state index contributed by atoms with van der Waals surface area (Å²) in [6.45, 7) is 8.05. The van der Waals surface area contributed by atoms with Crippen LogP contribution in [0.5, 0.6) is 0 Å². The second-order valence-corrected chi connectivity index (χ2v) is 19.4. The maximum Gasteiger partial charge on any atom is 0.306 e. The number of carbonyl (C=O) groups excluding carboxylic acids is 7. The zero-order valence-corrected chi connectivity index (χ0v) is 45.0. The van der Waals surface area contributed by atoms with Crippen LogP contribution in [0, 0.1) is 17.8 Å². The first kappa shape index (κ1) is 66.2. The predicted molar refractivity (Wildman–Crippen MR) is 272 cm³/mol. The molecular formula is C55H99NO14. The molecule has 0 aliphatic rings. The van der Waals surface area contributed by atoms with E-state index in [0.29, 0.717) is 32.2 Å². The molecule has 0 spiro atoms. The minimum atomic E-state index is -0.785. The van der Waals surface area contributed by atoms with E-state index in [1.54, 1.807) is 0 Å². The highest BCUT2D eigenvalue weighted by Gasteiger charge is 2.25. The van der Waals surface area contributed by atoms with Crippen LogP contribution < -0.4 is 0 Å². The van der Waals surface area contributed by atoms with E-state index in [1.807, 2.05) is 19.0 Å². The van der Waals surface area contributed by atoms with Gasteiger partial charge in [-0.1, -0.05) is 156 Å². The van der Waals surface area contributed by atoms with Gasteiger partial charge < -0.3 is 38.1 Å². The monoisotopic (exact) mass is 998 g/mol. The summed E-state index contributed by atoms with van der Waals surface area (Å²) < 4.78 is 38.8. The van der Waals surface area contributed by atoms with Gasteiger partial charge in [0.25, 0.3) is 0 Å². The first-order valence-electron chi connectivity index (χ1n) is 27.6. The number of likely N-dealkylation sites (N-methyl/N-ethyl adjacent to an activating group) is 1. The molecule has 0 N–H and O–H groups in total. The number of esters is 7. The highest BCUT2D eigenvalue weighted by Crippen LogP contribution is 2.17. The lowest BCUT2D eigenvalue weighted by Gasteiger charge is -2.20. The fourth-order valence-corrected chi connectivity index (χ4v) is 7.48. The van der Waals surface area contributed by atoms with Crippen LogP contribution in [0.1, 0.15) is 227 Å². The van der Waals surface area contributed by atoms with Crippen LogP contribution in [0.2, 0.25) is 0 Å². The summed E-state index contributed by atoms with van der Waals surface area (Å²) in [5.74, 6) is -5.59. The Morgan fingerprint density at radius 1 is 0.300 bits per heavy atom. The third kappa shape index (κ3) is 44.2. The molecule has 15 heteroatoms. The van der Waals surface area contributed by atoms with E-state index in [4.69, 9.17) is 33.2 Å². The molecular weight excluding hydrogens is 899 g/mol. The van der Waals surface area contributed by atoms with Crippen molar-refractivity contribution < 1.29 is 66.7 Å². The van der Waals surface area contributed by atoms with Gasteiger partial charge in [0.2, 0.25) is 0 Å². The van der Waals surface area contributed by atoms with Crippen LogP contribution in [-0.2, 0) is 66.7 Å². The average Bonchev–Trinajstić information content (AvgIpc) is 3.33. The normalized spacial score (nSPS) is 11.3. The van der Waals surface area contributed by atoms with Gasteiger partial charge in [0.1, 0.15) is 6.61 Å². The Bertz CT molecular complexity index is 1210. The molecule has 0 radical (unpaired) electrons. The zero-order valence-electron chi connectivity index (χ0n) is 45.0. The lowest BCUT2D eigenvalue weighted by atomic mass is 10.1. The summed E-state index contributed by atoms with van der Waals surface area (Å²) in [5.41, 5.74) is 0. The molecule has 0 aromatic rings. The molecule has 0 atom stereocenters. The number of ether oxygens (including phenoxy) is 7. The molecule has 0 unspecified atom stereocenters. The van der Waals surface area contributed by atoms with E-state index in [0.717, 1.165) is 128 Å². The largest absolute Gasteiger partial charge is 0.465 e. The molecule has 0 saturated heterocycles. The fourth-order valence-electron chi connectivity index (χ4n) is 7.48. The molecule has 0 bridgehead atoms. The van der Waals surface area contributed by atoms with Crippen molar-refractivity contribution in [2.45, 2.75) is 227 Å². The standard InChI is InChI=1S/C55H99NO14/c1-7-11-15-19-23-27-31-49(57)65-40-47(41-66-50(58)32-28-24-20-16-12-8-2)38-54(62)69-44-46(37-53(61)64-36-35-56(5)6)45-70-55(63)39-48(42-67-51(59)33-29-25-21-17-13-9-3)43-68-52(60)34-30-26-22-18-14-10-4/h46-48H,7-45H2,1-6H3. The summed E-state index contributed by atoms with van der Waals surface area (Å²) in [7, 11) is 3.69. The van der Waals surface area contributed by atoms with Gasteiger partial charge in [0, 0.05) is 50.0 Å². The van der Waals surface area contributed by atoms with Gasteiger partial charge in [-0.25, -0.2) is 0 Å². The van der Waals surface area contributed by atoms with E-state index in [9.17, 15) is 33.6 Å². The Morgan fingerprint density at radius 2 is 0.514 bits per heavy atom. The maximum atomic E-state index is 13.3. The maximum absolute atomic E-state index is 13.3. The molecule has 408 valence electrons. The molecule has 0 saturated carbocycles. The zero-order chi connectivity index (χ0) is 51.9. The lowest BCUT2D eigenvalue weighted by molar-refractivity contribution is -0.159. The van der Waals surface area contributed by atoms with Gasteiger partial charge in [0.15, 0.2) is 0 Å². The average molecular weight is 998 g/mol. The Balaban J connectivity index is 5.73. The Morgan fingerprint density at radius 3 is 0.757 bits per heavy atom. The second kappa shape index (κ2) is 47.6. The van der Waals surface area contributed by atoms with Crippen LogP contribution in [0.25, 0.3) is 0 Å². The number of hydrogen-bond donors (Lipinski definition) is 0. The van der Waals surface area contributed by atoms with Crippen LogP contribution in [0.15, 0.2) is 0 Å². The topological polar surface area (TPSA) is 187 Å². The summed E-state index contributed by atoms with van der Waals surface area (Å²) in [5, 5.41) is 0. The van der Waals surface area contributed by atoms with E-state index < -0.39 is 35.7 Å². The van der Waals surface area contributed by atoms with Crippen molar-refractivity contribution in [2.75, 3.05) is 66.9 Å². The van der Waals surface area contributed by atoms with Crippen LogP contribution >= 0.6 is 0 Å². The first-order chi connectivity index (χ1) is 33.8. The van der Waals surface area contributed by atoms with Crippen molar-refractivity contribution in [1.82, 2.24) is 4.90 Å². The SMILES string of the molecule is CCCCCCCCC(=O)OCC(COC(=O)CCCCCCCC)CC(=O)OCC(COC(=O)CC(COC(=O)CCCCCCCC)COC(=O)CCCCCCCC)CC(=O)OCCN(C)C. The van der Waals surface area contributed by atoms with Crippen molar-refractivity contribution in [2.24, 2.45) is 17.8 Å². The number of carbonyl (C=O) groups is 7. The molecule has 0 fully saturated rings. The first-order valence-corrected chi connectivity index (χ1v) is 27.6. The molecule has 15 nitrogen and oxygen atoms in total. The Labute approximate surface area is 423 Å². The van der Waals surface area contributed by atoms with Crippen molar-refractivity contribution in [1.29, 1.82) is 0 Å². The Hall–Kier alpha value is -3.75. The van der Waals surface area contributed by atoms with Crippen LogP contribution in [0.3, 0.4) is 0 Å². The quantitative estimate of drug-likeness (QED) is 0.0318. The molecule has 0 aromatic carbocycles. The lowest BCUT2D eigenvalue weighted by Crippen LogP contribution is -2.29. The van der Waals surface area contributed by atoms with Crippen molar-refractivity contribution in [3.8, 4) is 0 Å². The Kier molecular flexibility index (Phi) is 45.0. The molecule has 0 aliphatic heterocycles. The predicted octanol–water partition coefficient (Wildman–Crippen LogP) is 11.4. The van der Waals surface area contributed by atoms with Gasteiger partial charge >= 0.3 is 41.8 Å². The smallest absolute Gasteiger partial charge is 0.306 e. The fraction of sp³-hybridized carbons (Fsp3) is 0.873. The number of hydrogen-bond acceptors (Lipinski definition) is 15. The number of unbranched alkanes of at least 4 members (excludes halogenated alkanes) is 20. The third-order valence-corrected chi connectivity index (χ3v) is 12.0. The summed E-state index contributed by atoms with van der Waals surface area (Å²) in [6.07, 6.45) is 24.7. The minimum absolute atomic E-state index is 0.131. The number of rotatable bonds is 49.